The first-order valence-corrected chi connectivity index (χ1v) is 9.10. The van der Waals surface area contributed by atoms with E-state index in [0.717, 1.165) is 37.9 Å². The van der Waals surface area contributed by atoms with E-state index in [1.54, 1.807) is 0 Å². The Morgan fingerprint density at radius 2 is 1.91 bits per heavy atom. The smallest absolute Gasteiger partial charge is 0.146 e. The van der Waals surface area contributed by atoms with Gasteiger partial charge in [0.05, 0.1) is 12.2 Å². The highest BCUT2D eigenvalue weighted by atomic mass is 16.6. The third-order valence-corrected chi connectivity index (χ3v) is 7.16. The Labute approximate surface area is 139 Å². The molecule has 0 N–H and O–H groups in total. The van der Waals surface area contributed by atoms with Crippen LogP contribution in [-0.4, -0.2) is 24.8 Å². The summed E-state index contributed by atoms with van der Waals surface area (Å²) in [7, 11) is 0. The maximum atomic E-state index is 11.2. The summed E-state index contributed by atoms with van der Waals surface area (Å²) < 4.78 is 5.97. The van der Waals surface area contributed by atoms with E-state index < -0.39 is 0 Å². The van der Waals surface area contributed by atoms with Crippen LogP contribution in [0.2, 0.25) is 0 Å². The summed E-state index contributed by atoms with van der Waals surface area (Å²) >= 11 is 0. The zero-order chi connectivity index (χ0) is 16.7. The Morgan fingerprint density at radius 1 is 1.17 bits per heavy atom. The minimum absolute atomic E-state index is 0.0460. The maximum Gasteiger partial charge on any atom is 0.146 e. The fraction of sp³-hybridized carbons (Fsp3) is 0.800. The molecule has 3 nitrogen and oxygen atoms in total. The van der Waals surface area contributed by atoms with Crippen LogP contribution in [0.15, 0.2) is 11.6 Å². The van der Waals surface area contributed by atoms with Gasteiger partial charge in [-0.2, -0.15) is 0 Å². The second-order valence-corrected chi connectivity index (χ2v) is 8.85. The summed E-state index contributed by atoms with van der Waals surface area (Å²) in [4.78, 5) is 21.9. The fourth-order valence-electron chi connectivity index (χ4n) is 5.93. The molecular weight excluding hydrogens is 288 g/mol. The Bertz CT molecular complexity index is 515. The predicted octanol–water partition coefficient (Wildman–Crippen LogP) is 4.10. The highest BCUT2D eigenvalue weighted by molar-refractivity contribution is 5.78. The monoisotopic (exact) mass is 318 g/mol. The topological polar surface area (TPSA) is 46.7 Å². The van der Waals surface area contributed by atoms with Crippen LogP contribution in [0.3, 0.4) is 0 Å². The predicted molar refractivity (Wildman–Crippen MR) is 90.1 cm³/mol. The van der Waals surface area contributed by atoms with Crippen molar-refractivity contribution in [1.82, 2.24) is 0 Å². The van der Waals surface area contributed by atoms with Gasteiger partial charge in [0.2, 0.25) is 0 Å². The lowest BCUT2D eigenvalue weighted by atomic mass is 9.46. The normalized spacial score (nSPS) is 42.1. The third kappa shape index (κ3) is 2.82. The van der Waals surface area contributed by atoms with Crippen LogP contribution in [0.25, 0.3) is 0 Å². The molecule has 3 heteroatoms. The minimum Gasteiger partial charge on any atom is -0.369 e. The van der Waals surface area contributed by atoms with Crippen molar-refractivity contribution in [3.63, 3.8) is 0 Å². The van der Waals surface area contributed by atoms with E-state index in [1.165, 1.54) is 25.7 Å². The first kappa shape index (κ1) is 16.9. The molecule has 0 aromatic rings. The molecule has 0 aromatic heterocycles. The molecule has 1 heterocycles. The summed E-state index contributed by atoms with van der Waals surface area (Å²) in [5, 5.41) is 0. The van der Waals surface area contributed by atoms with Gasteiger partial charge in [0.25, 0.3) is 0 Å². The minimum atomic E-state index is 0.0460. The second-order valence-electron chi connectivity index (χ2n) is 8.85. The number of ether oxygens (including phenoxy) is 1. The Kier molecular flexibility index (Phi) is 4.29. The van der Waals surface area contributed by atoms with Crippen molar-refractivity contribution in [2.45, 2.75) is 71.3 Å². The molecule has 0 amide bonds. The molecule has 3 fully saturated rings. The van der Waals surface area contributed by atoms with Crippen LogP contribution in [0.1, 0.15) is 65.7 Å². The van der Waals surface area contributed by atoms with Gasteiger partial charge in [0, 0.05) is 6.42 Å². The lowest BCUT2D eigenvalue weighted by Crippen LogP contribution is -2.54. The van der Waals surface area contributed by atoms with Gasteiger partial charge in [-0.05, 0) is 60.3 Å². The van der Waals surface area contributed by atoms with Gasteiger partial charge >= 0.3 is 0 Å². The van der Waals surface area contributed by atoms with Crippen molar-refractivity contribution >= 4 is 12.6 Å². The molecule has 2 aliphatic carbocycles. The van der Waals surface area contributed by atoms with Gasteiger partial charge in [-0.1, -0.05) is 33.3 Å². The third-order valence-electron chi connectivity index (χ3n) is 7.16. The molecule has 3 aliphatic rings. The van der Waals surface area contributed by atoms with Gasteiger partial charge in [0.15, 0.2) is 0 Å². The highest BCUT2D eigenvalue weighted by Crippen LogP contribution is 2.66. The van der Waals surface area contributed by atoms with Crippen LogP contribution < -0.4 is 0 Å². The molecule has 23 heavy (non-hydrogen) atoms. The van der Waals surface area contributed by atoms with Gasteiger partial charge in [0.1, 0.15) is 12.6 Å². The number of carbonyl (C=O) groups excluding carboxylic acids is 2. The molecule has 0 radical (unpaired) electrons. The number of allylic oxidation sites excluding steroid dienone is 2. The van der Waals surface area contributed by atoms with E-state index in [4.69, 9.17) is 4.74 Å². The lowest BCUT2D eigenvalue weighted by molar-refractivity contribution is -0.109. The first-order chi connectivity index (χ1) is 10.9. The van der Waals surface area contributed by atoms with Crippen molar-refractivity contribution < 1.29 is 14.3 Å². The molecule has 2 saturated carbocycles. The molecule has 1 spiro atoms. The number of carbonyl (C=O) groups is 2. The van der Waals surface area contributed by atoms with Crippen LogP contribution in [-0.2, 0) is 14.3 Å². The van der Waals surface area contributed by atoms with E-state index in [1.807, 2.05) is 6.08 Å². The van der Waals surface area contributed by atoms with E-state index in [-0.39, 0.29) is 17.4 Å². The molecule has 3 rings (SSSR count). The Balaban J connectivity index is 1.88. The van der Waals surface area contributed by atoms with Gasteiger partial charge in [-0.25, -0.2) is 0 Å². The Morgan fingerprint density at radius 3 is 2.52 bits per heavy atom. The highest BCUT2D eigenvalue weighted by Gasteiger charge is 2.64. The van der Waals surface area contributed by atoms with Crippen LogP contribution in [0.4, 0.5) is 0 Å². The van der Waals surface area contributed by atoms with E-state index in [2.05, 4.69) is 20.8 Å². The molecule has 128 valence electrons. The standard InChI is InChI=1S/C20H30O3/c1-18(2)9-4-10-19(3)16(18)7-11-20(14-23-20)17(19)6-5-15(13-22)8-12-21/h5,12-13,16-17H,4,6-11,14H2,1-3H3/b15-5+/t16-,17+,19-,20+/m0/s1. The summed E-state index contributed by atoms with van der Waals surface area (Å²) in [6, 6.07) is 0. The van der Waals surface area contributed by atoms with Crippen LogP contribution in [0.5, 0.6) is 0 Å². The number of epoxide rings is 1. The maximum absolute atomic E-state index is 11.2. The zero-order valence-electron chi connectivity index (χ0n) is 14.8. The average Bonchev–Trinajstić information content (AvgIpc) is 3.24. The van der Waals surface area contributed by atoms with Gasteiger partial charge < -0.3 is 9.53 Å². The van der Waals surface area contributed by atoms with Crippen LogP contribution in [0, 0.1) is 22.7 Å². The number of hydrogen-bond donors (Lipinski definition) is 0. The number of hydrogen-bond acceptors (Lipinski definition) is 3. The Hall–Kier alpha value is -0.960. The summed E-state index contributed by atoms with van der Waals surface area (Å²) in [5.74, 6) is 1.19. The molecule has 4 atom stereocenters. The molecular formula is C20H30O3. The molecule has 1 aliphatic heterocycles. The lowest BCUT2D eigenvalue weighted by Gasteiger charge is -2.59. The summed E-state index contributed by atoms with van der Waals surface area (Å²) in [6.07, 6.45) is 11.0. The van der Waals surface area contributed by atoms with E-state index >= 15 is 0 Å². The SMILES string of the molecule is CC1(C)CCC[C@@]2(C)[C@H]1CC[C@@]1(CO1)[C@@H]2C/C=C(/C=O)CC=O. The van der Waals surface area contributed by atoms with Crippen molar-refractivity contribution in [1.29, 1.82) is 0 Å². The second kappa shape index (κ2) is 5.84. The quantitative estimate of drug-likeness (QED) is 0.435. The zero-order valence-corrected chi connectivity index (χ0v) is 14.8. The fourth-order valence-corrected chi connectivity index (χ4v) is 5.93. The number of rotatable bonds is 5. The number of aldehydes is 2. The first-order valence-electron chi connectivity index (χ1n) is 9.10. The van der Waals surface area contributed by atoms with E-state index in [9.17, 15) is 9.59 Å². The van der Waals surface area contributed by atoms with Crippen molar-refractivity contribution in [2.75, 3.05) is 6.61 Å². The van der Waals surface area contributed by atoms with Gasteiger partial charge in [-0.15, -0.1) is 0 Å². The molecule has 0 bridgehead atoms. The summed E-state index contributed by atoms with van der Waals surface area (Å²) in [6.45, 7) is 8.19. The number of fused-ring (bicyclic) bond motifs is 1. The van der Waals surface area contributed by atoms with Crippen molar-refractivity contribution in [3.05, 3.63) is 11.6 Å². The van der Waals surface area contributed by atoms with Gasteiger partial charge in [-0.3, -0.25) is 4.79 Å². The molecule has 1 saturated heterocycles. The molecule has 0 unspecified atom stereocenters. The van der Waals surface area contributed by atoms with Crippen molar-refractivity contribution in [3.8, 4) is 0 Å². The summed E-state index contributed by atoms with van der Waals surface area (Å²) in [5.41, 5.74) is 1.34. The molecule has 0 aromatic carbocycles. The van der Waals surface area contributed by atoms with E-state index in [0.29, 0.717) is 16.9 Å². The average molecular weight is 318 g/mol. The van der Waals surface area contributed by atoms with Crippen LogP contribution >= 0.6 is 0 Å². The largest absolute Gasteiger partial charge is 0.369 e. The van der Waals surface area contributed by atoms with Crippen molar-refractivity contribution in [2.24, 2.45) is 22.7 Å².